The van der Waals surface area contributed by atoms with Gasteiger partial charge in [0.05, 0.1) is 24.0 Å². The number of aliphatic carboxylic acids is 1. The Morgan fingerprint density at radius 1 is 0.860 bits per heavy atom. The van der Waals surface area contributed by atoms with E-state index in [9.17, 15) is 19.5 Å². The van der Waals surface area contributed by atoms with E-state index in [0.717, 1.165) is 53.2 Å². The number of hydrogen-bond donors (Lipinski definition) is 2. The molecule has 2 amide bonds. The lowest BCUT2D eigenvalue weighted by Crippen LogP contribution is -2.59. The Hall–Kier alpha value is -4.27. The van der Waals surface area contributed by atoms with E-state index in [2.05, 4.69) is 31.0 Å². The summed E-state index contributed by atoms with van der Waals surface area (Å²) in [6.07, 6.45) is 15.0. The van der Waals surface area contributed by atoms with Gasteiger partial charge in [-0.1, -0.05) is 82.9 Å². The first kappa shape index (κ1) is 35.6. The van der Waals surface area contributed by atoms with Gasteiger partial charge in [0.1, 0.15) is 6.04 Å². The van der Waals surface area contributed by atoms with Crippen LogP contribution in [0.15, 0.2) is 60.9 Å². The van der Waals surface area contributed by atoms with Crippen molar-refractivity contribution < 1.29 is 19.5 Å². The maximum atomic E-state index is 13.5. The van der Waals surface area contributed by atoms with Gasteiger partial charge in [-0.2, -0.15) is 0 Å². The summed E-state index contributed by atoms with van der Waals surface area (Å²) in [5.74, 6) is 1.60. The molecule has 266 valence electrons. The SMILES string of the molecule is CCCC1CCC(C2CCN(c3cnc(-c4ccc(C[C@H](NC(=O)c5ccc(C(C)C)cc5)C(=O)N5CC(C(=O)O)C5)cc4)nc3)CC2)CC1. The van der Waals surface area contributed by atoms with Crippen LogP contribution in [0, 0.1) is 23.7 Å². The number of benzene rings is 2. The van der Waals surface area contributed by atoms with Gasteiger partial charge in [-0.05, 0) is 72.6 Å². The summed E-state index contributed by atoms with van der Waals surface area (Å²) in [6.45, 7) is 8.91. The molecule has 3 fully saturated rings. The Balaban J connectivity index is 1.05. The fourth-order valence-electron chi connectivity index (χ4n) is 8.14. The molecule has 3 aliphatic rings. The Labute approximate surface area is 296 Å². The Morgan fingerprint density at radius 2 is 1.48 bits per heavy atom. The van der Waals surface area contributed by atoms with Crippen molar-refractivity contribution in [1.29, 1.82) is 0 Å². The standard InChI is InChI=1S/C41H53N5O4/c1-4-5-28-6-10-31(11-7-28)32-18-20-45(21-19-32)36-23-42-38(43-24-36)33-12-8-29(9-13-33)22-37(40(48)46-25-35(26-46)41(49)50)44-39(47)34-16-14-30(15-17-34)27(2)3/h8-9,12-17,23-24,27-28,31-32,35,37H,4-7,10-11,18-22,25-26H2,1-3H3,(H,44,47)(H,49,50)/t28?,31?,37-/m0/s1. The molecule has 3 heterocycles. The molecule has 9 heteroatoms. The van der Waals surface area contributed by atoms with Gasteiger partial charge < -0.3 is 20.2 Å². The van der Waals surface area contributed by atoms with E-state index in [-0.39, 0.29) is 31.3 Å². The number of carboxylic acid groups (broad SMARTS) is 1. The van der Waals surface area contributed by atoms with Crippen LogP contribution in [0.25, 0.3) is 11.4 Å². The van der Waals surface area contributed by atoms with Crippen molar-refractivity contribution in [3.05, 3.63) is 77.6 Å². The number of rotatable bonds is 12. The molecular weight excluding hydrogens is 626 g/mol. The number of nitrogens with one attached hydrogen (secondary N) is 1. The molecule has 2 aliphatic heterocycles. The molecule has 2 N–H and O–H groups in total. The van der Waals surface area contributed by atoms with E-state index in [1.54, 1.807) is 12.1 Å². The van der Waals surface area contributed by atoms with Crippen molar-refractivity contribution in [3.63, 3.8) is 0 Å². The van der Waals surface area contributed by atoms with Crippen molar-refractivity contribution in [3.8, 4) is 11.4 Å². The monoisotopic (exact) mass is 679 g/mol. The third-order valence-corrected chi connectivity index (χ3v) is 11.4. The number of carbonyl (C=O) groups is 3. The second-order valence-corrected chi connectivity index (χ2v) is 15.1. The molecule has 0 unspecified atom stereocenters. The van der Waals surface area contributed by atoms with Crippen LogP contribution in [0.1, 0.15) is 99.5 Å². The maximum Gasteiger partial charge on any atom is 0.310 e. The van der Waals surface area contributed by atoms with Crippen LogP contribution in [0.3, 0.4) is 0 Å². The van der Waals surface area contributed by atoms with Gasteiger partial charge in [0.25, 0.3) is 5.91 Å². The minimum Gasteiger partial charge on any atom is -0.481 e. The molecular formula is C41H53N5O4. The predicted octanol–water partition coefficient (Wildman–Crippen LogP) is 6.97. The van der Waals surface area contributed by atoms with E-state index < -0.39 is 17.9 Å². The highest BCUT2D eigenvalue weighted by Gasteiger charge is 2.39. The van der Waals surface area contributed by atoms with Crippen LogP contribution in [-0.4, -0.2) is 70.0 Å². The minimum absolute atomic E-state index is 0.147. The summed E-state index contributed by atoms with van der Waals surface area (Å²) in [5, 5.41) is 12.2. The first-order chi connectivity index (χ1) is 24.2. The van der Waals surface area contributed by atoms with Crippen molar-refractivity contribution in [1.82, 2.24) is 20.2 Å². The summed E-state index contributed by atoms with van der Waals surface area (Å²) in [6, 6.07) is 14.4. The Bertz CT molecular complexity index is 1590. The number of piperidine rings is 1. The van der Waals surface area contributed by atoms with Crippen molar-refractivity contribution in [2.75, 3.05) is 31.1 Å². The number of carboxylic acids is 1. The van der Waals surface area contributed by atoms with E-state index in [4.69, 9.17) is 9.97 Å². The normalized spacial score (nSPS) is 20.7. The summed E-state index contributed by atoms with van der Waals surface area (Å²) in [5.41, 5.74) is 4.42. The average molecular weight is 680 g/mol. The highest BCUT2D eigenvalue weighted by Crippen LogP contribution is 2.39. The number of carbonyl (C=O) groups excluding carboxylic acids is 2. The minimum atomic E-state index is -0.912. The molecule has 3 aromatic rings. The second kappa shape index (κ2) is 16.2. The fraction of sp³-hybridized carbons (Fsp3) is 0.537. The zero-order valence-electron chi connectivity index (χ0n) is 29.9. The van der Waals surface area contributed by atoms with Gasteiger partial charge in [0, 0.05) is 43.7 Å². The molecule has 1 aromatic heterocycles. The third kappa shape index (κ3) is 8.53. The molecule has 2 saturated heterocycles. The summed E-state index contributed by atoms with van der Waals surface area (Å²) >= 11 is 0. The van der Waals surface area contributed by atoms with E-state index in [1.165, 1.54) is 56.3 Å². The fourth-order valence-corrected chi connectivity index (χ4v) is 8.14. The van der Waals surface area contributed by atoms with Crippen molar-refractivity contribution in [2.24, 2.45) is 23.7 Å². The lowest BCUT2D eigenvalue weighted by molar-refractivity contribution is -0.153. The maximum absolute atomic E-state index is 13.5. The first-order valence-electron chi connectivity index (χ1n) is 18.8. The van der Waals surface area contributed by atoms with Gasteiger partial charge in [-0.15, -0.1) is 0 Å². The number of hydrogen-bond acceptors (Lipinski definition) is 6. The quantitative estimate of drug-likeness (QED) is 0.212. The Morgan fingerprint density at radius 3 is 2.06 bits per heavy atom. The van der Waals surface area contributed by atoms with Crippen LogP contribution >= 0.6 is 0 Å². The van der Waals surface area contributed by atoms with Crippen LogP contribution in [0.2, 0.25) is 0 Å². The number of anilines is 1. The number of likely N-dealkylation sites (tertiary alicyclic amines) is 1. The first-order valence-corrected chi connectivity index (χ1v) is 18.8. The average Bonchev–Trinajstić information content (AvgIpc) is 3.11. The number of aromatic nitrogens is 2. The zero-order chi connectivity index (χ0) is 35.2. The topological polar surface area (TPSA) is 116 Å². The van der Waals surface area contributed by atoms with Gasteiger partial charge >= 0.3 is 5.97 Å². The molecule has 1 saturated carbocycles. The summed E-state index contributed by atoms with van der Waals surface area (Å²) < 4.78 is 0. The smallest absolute Gasteiger partial charge is 0.310 e. The lowest BCUT2D eigenvalue weighted by Gasteiger charge is -2.39. The van der Waals surface area contributed by atoms with Crippen LogP contribution in [0.4, 0.5) is 5.69 Å². The van der Waals surface area contributed by atoms with Crippen LogP contribution in [0.5, 0.6) is 0 Å². The van der Waals surface area contributed by atoms with Gasteiger partial charge in [0.2, 0.25) is 5.91 Å². The number of amides is 2. The van der Waals surface area contributed by atoms with Gasteiger partial charge in [0.15, 0.2) is 5.82 Å². The zero-order valence-corrected chi connectivity index (χ0v) is 29.9. The lowest BCUT2D eigenvalue weighted by atomic mass is 9.72. The molecule has 0 radical (unpaired) electrons. The molecule has 50 heavy (non-hydrogen) atoms. The number of nitrogens with zero attached hydrogens (tertiary/aromatic N) is 4. The highest BCUT2D eigenvalue weighted by molar-refractivity contribution is 5.98. The van der Waals surface area contributed by atoms with Gasteiger partial charge in [-0.3, -0.25) is 14.4 Å². The molecule has 1 atom stereocenters. The van der Waals surface area contributed by atoms with E-state index in [0.29, 0.717) is 17.3 Å². The van der Waals surface area contributed by atoms with Crippen molar-refractivity contribution >= 4 is 23.5 Å². The molecule has 0 bridgehead atoms. The molecule has 6 rings (SSSR count). The third-order valence-electron chi connectivity index (χ3n) is 11.4. The second-order valence-electron chi connectivity index (χ2n) is 15.1. The largest absolute Gasteiger partial charge is 0.481 e. The van der Waals surface area contributed by atoms with Crippen LogP contribution < -0.4 is 10.2 Å². The summed E-state index contributed by atoms with van der Waals surface area (Å²) in [7, 11) is 0. The predicted molar refractivity (Wildman–Crippen MR) is 196 cm³/mol. The van der Waals surface area contributed by atoms with Crippen molar-refractivity contribution in [2.45, 2.75) is 90.5 Å². The highest BCUT2D eigenvalue weighted by atomic mass is 16.4. The molecule has 0 spiro atoms. The molecule has 9 nitrogen and oxygen atoms in total. The summed E-state index contributed by atoms with van der Waals surface area (Å²) in [4.78, 5) is 51.4. The van der Waals surface area contributed by atoms with E-state index in [1.807, 2.05) is 48.8 Å². The van der Waals surface area contributed by atoms with Gasteiger partial charge in [-0.25, -0.2) is 9.97 Å². The molecule has 1 aliphatic carbocycles. The Kier molecular flexibility index (Phi) is 11.5. The molecule has 2 aromatic carbocycles. The van der Waals surface area contributed by atoms with E-state index >= 15 is 0 Å². The van der Waals surface area contributed by atoms with Crippen LogP contribution in [-0.2, 0) is 16.0 Å².